The van der Waals surface area contributed by atoms with E-state index in [1.807, 2.05) is 42.7 Å². The van der Waals surface area contributed by atoms with Crippen LogP contribution in [0.4, 0.5) is 5.69 Å². The van der Waals surface area contributed by atoms with E-state index in [2.05, 4.69) is 38.5 Å². The molecule has 0 aliphatic heterocycles. The second-order valence-corrected chi connectivity index (χ2v) is 6.34. The van der Waals surface area contributed by atoms with Crippen LogP contribution in [0.3, 0.4) is 0 Å². The van der Waals surface area contributed by atoms with Crippen LogP contribution in [0.25, 0.3) is 11.0 Å². The monoisotopic (exact) mass is 348 g/mol. The van der Waals surface area contributed by atoms with Crippen LogP contribution in [0.1, 0.15) is 16.8 Å². The highest BCUT2D eigenvalue weighted by Gasteiger charge is 2.05. The molecular formula is C20H17ClN4. The van der Waals surface area contributed by atoms with Gasteiger partial charge in [-0.3, -0.25) is 4.98 Å². The molecule has 1 aromatic carbocycles. The van der Waals surface area contributed by atoms with Crippen molar-refractivity contribution in [2.24, 2.45) is 0 Å². The second-order valence-electron chi connectivity index (χ2n) is 5.91. The van der Waals surface area contributed by atoms with Crippen LogP contribution in [0, 0.1) is 0 Å². The first-order valence-corrected chi connectivity index (χ1v) is 8.50. The SMILES string of the molecule is Clc1ccc(NCc2ccc(Cc3c[nH]c4ncccc34)cn2)cc1. The van der Waals surface area contributed by atoms with Crippen LogP contribution in [0.5, 0.6) is 0 Å². The summed E-state index contributed by atoms with van der Waals surface area (Å²) in [6.45, 7) is 0.679. The number of pyridine rings is 2. The number of hydrogen-bond donors (Lipinski definition) is 2. The molecule has 25 heavy (non-hydrogen) atoms. The number of anilines is 1. The zero-order chi connectivity index (χ0) is 17.1. The van der Waals surface area contributed by atoms with Gasteiger partial charge in [-0.25, -0.2) is 4.98 Å². The molecule has 0 aliphatic carbocycles. The molecule has 3 aromatic heterocycles. The molecule has 3 heterocycles. The van der Waals surface area contributed by atoms with Gasteiger partial charge in [0.05, 0.1) is 12.2 Å². The third-order valence-corrected chi connectivity index (χ3v) is 4.39. The van der Waals surface area contributed by atoms with Crippen LogP contribution in [0.2, 0.25) is 5.02 Å². The first kappa shape index (κ1) is 15.7. The number of aromatic amines is 1. The van der Waals surface area contributed by atoms with Gasteiger partial charge in [0.15, 0.2) is 0 Å². The molecule has 2 N–H and O–H groups in total. The summed E-state index contributed by atoms with van der Waals surface area (Å²) >= 11 is 5.89. The molecule has 0 radical (unpaired) electrons. The van der Waals surface area contributed by atoms with Gasteiger partial charge in [-0.15, -0.1) is 0 Å². The average Bonchev–Trinajstić information content (AvgIpc) is 3.06. The van der Waals surface area contributed by atoms with Crippen molar-refractivity contribution in [3.05, 3.63) is 89.0 Å². The number of rotatable bonds is 5. The van der Waals surface area contributed by atoms with Crippen LogP contribution in [-0.2, 0) is 13.0 Å². The predicted octanol–water partition coefficient (Wildman–Crippen LogP) is 4.81. The van der Waals surface area contributed by atoms with Gasteiger partial charge in [0.25, 0.3) is 0 Å². The molecular weight excluding hydrogens is 332 g/mol. The highest BCUT2D eigenvalue weighted by Crippen LogP contribution is 2.19. The van der Waals surface area contributed by atoms with E-state index in [0.717, 1.165) is 33.9 Å². The van der Waals surface area contributed by atoms with Crippen molar-refractivity contribution in [2.45, 2.75) is 13.0 Å². The highest BCUT2D eigenvalue weighted by atomic mass is 35.5. The number of hydrogen-bond acceptors (Lipinski definition) is 3. The lowest BCUT2D eigenvalue weighted by Gasteiger charge is -2.07. The van der Waals surface area contributed by atoms with Gasteiger partial charge in [0.2, 0.25) is 0 Å². The molecule has 0 saturated carbocycles. The topological polar surface area (TPSA) is 53.6 Å². The number of nitrogens with one attached hydrogen (secondary N) is 2. The van der Waals surface area contributed by atoms with Gasteiger partial charge in [-0.05, 0) is 53.6 Å². The molecule has 0 bridgehead atoms. The summed E-state index contributed by atoms with van der Waals surface area (Å²) in [7, 11) is 0. The van der Waals surface area contributed by atoms with Crippen molar-refractivity contribution in [1.29, 1.82) is 0 Å². The maximum absolute atomic E-state index is 5.89. The quantitative estimate of drug-likeness (QED) is 0.544. The number of halogens is 1. The molecule has 4 rings (SSSR count). The summed E-state index contributed by atoms with van der Waals surface area (Å²) in [5, 5.41) is 5.24. The highest BCUT2D eigenvalue weighted by molar-refractivity contribution is 6.30. The first-order chi connectivity index (χ1) is 12.3. The normalized spacial score (nSPS) is 10.9. The second kappa shape index (κ2) is 6.95. The fourth-order valence-electron chi connectivity index (χ4n) is 2.80. The minimum Gasteiger partial charge on any atom is -0.379 e. The molecule has 124 valence electrons. The number of H-pyrrole nitrogens is 1. The van der Waals surface area contributed by atoms with E-state index in [0.29, 0.717) is 6.54 Å². The van der Waals surface area contributed by atoms with Crippen molar-refractivity contribution in [2.75, 3.05) is 5.32 Å². The predicted molar refractivity (Wildman–Crippen MR) is 102 cm³/mol. The summed E-state index contributed by atoms with van der Waals surface area (Å²) in [6, 6.07) is 15.9. The lowest BCUT2D eigenvalue weighted by Crippen LogP contribution is -2.02. The zero-order valence-corrected chi connectivity index (χ0v) is 14.3. The molecule has 0 fully saturated rings. The van der Waals surface area contributed by atoms with E-state index in [1.54, 1.807) is 6.20 Å². The maximum atomic E-state index is 5.89. The van der Waals surface area contributed by atoms with E-state index in [4.69, 9.17) is 11.6 Å². The van der Waals surface area contributed by atoms with Crippen molar-refractivity contribution < 1.29 is 0 Å². The zero-order valence-electron chi connectivity index (χ0n) is 13.5. The Bertz CT molecular complexity index is 975. The third-order valence-electron chi connectivity index (χ3n) is 4.14. The Morgan fingerprint density at radius 2 is 1.88 bits per heavy atom. The van der Waals surface area contributed by atoms with Gasteiger partial charge < -0.3 is 10.3 Å². The van der Waals surface area contributed by atoms with E-state index in [-0.39, 0.29) is 0 Å². The van der Waals surface area contributed by atoms with Crippen LogP contribution >= 0.6 is 11.6 Å². The summed E-state index contributed by atoms with van der Waals surface area (Å²) in [6.07, 6.45) is 6.60. The fourth-order valence-corrected chi connectivity index (χ4v) is 2.93. The first-order valence-electron chi connectivity index (χ1n) is 8.12. The summed E-state index contributed by atoms with van der Waals surface area (Å²) in [5.41, 5.74) is 5.37. The molecule has 0 atom stereocenters. The van der Waals surface area contributed by atoms with Gasteiger partial charge in [-0.2, -0.15) is 0 Å². The molecule has 0 aliphatic rings. The van der Waals surface area contributed by atoms with Crippen molar-refractivity contribution >= 4 is 28.3 Å². The van der Waals surface area contributed by atoms with E-state index < -0.39 is 0 Å². The Balaban J connectivity index is 1.42. The van der Waals surface area contributed by atoms with E-state index >= 15 is 0 Å². The summed E-state index contributed by atoms with van der Waals surface area (Å²) in [5.74, 6) is 0. The standard InChI is InChI=1S/C20H17ClN4/c21-16-4-7-17(8-5-16)24-13-18-6-3-14(11-23-18)10-15-12-25-20-19(15)2-1-9-22-20/h1-9,11-12,24H,10,13H2,(H,22,25). The molecule has 0 amide bonds. The lowest BCUT2D eigenvalue weighted by molar-refractivity contribution is 1.02. The minimum absolute atomic E-state index is 0.679. The maximum Gasteiger partial charge on any atom is 0.137 e. The van der Waals surface area contributed by atoms with Gasteiger partial charge in [0.1, 0.15) is 5.65 Å². The number of aromatic nitrogens is 3. The molecule has 0 spiro atoms. The van der Waals surface area contributed by atoms with Crippen molar-refractivity contribution in [1.82, 2.24) is 15.0 Å². The molecule has 4 aromatic rings. The van der Waals surface area contributed by atoms with Crippen LogP contribution < -0.4 is 5.32 Å². The Labute approximate surface area is 150 Å². The van der Waals surface area contributed by atoms with Crippen LogP contribution in [0.15, 0.2) is 67.1 Å². The molecule has 0 saturated heterocycles. The Kier molecular flexibility index (Phi) is 4.36. The van der Waals surface area contributed by atoms with Gasteiger partial charge in [-0.1, -0.05) is 17.7 Å². The van der Waals surface area contributed by atoms with Gasteiger partial charge in [0, 0.05) is 41.1 Å². The van der Waals surface area contributed by atoms with Crippen molar-refractivity contribution in [3.63, 3.8) is 0 Å². The molecule has 0 unspecified atom stereocenters. The Morgan fingerprint density at radius 3 is 2.68 bits per heavy atom. The van der Waals surface area contributed by atoms with Crippen molar-refractivity contribution in [3.8, 4) is 0 Å². The fraction of sp³-hybridized carbons (Fsp3) is 0.100. The third kappa shape index (κ3) is 3.64. The minimum atomic E-state index is 0.679. The Hall–Kier alpha value is -2.85. The Morgan fingerprint density at radius 1 is 1.00 bits per heavy atom. The summed E-state index contributed by atoms with van der Waals surface area (Å²) in [4.78, 5) is 12.1. The lowest BCUT2D eigenvalue weighted by atomic mass is 10.1. The molecule has 4 nitrogen and oxygen atoms in total. The van der Waals surface area contributed by atoms with Crippen LogP contribution in [-0.4, -0.2) is 15.0 Å². The van der Waals surface area contributed by atoms with E-state index in [1.165, 1.54) is 11.1 Å². The number of fused-ring (bicyclic) bond motifs is 1. The number of nitrogens with zero attached hydrogens (tertiary/aromatic N) is 2. The smallest absolute Gasteiger partial charge is 0.137 e. The largest absolute Gasteiger partial charge is 0.379 e. The molecule has 5 heteroatoms. The van der Waals surface area contributed by atoms with E-state index in [9.17, 15) is 0 Å². The number of benzene rings is 1. The summed E-state index contributed by atoms with van der Waals surface area (Å²) < 4.78 is 0. The average molecular weight is 349 g/mol. The van der Waals surface area contributed by atoms with Gasteiger partial charge >= 0.3 is 0 Å².